The summed E-state index contributed by atoms with van der Waals surface area (Å²) < 4.78 is 0. The molecule has 5 aromatic carbocycles. The minimum Gasteiger partial charge on any atom is -0.363 e. The minimum atomic E-state index is -1.70. The normalized spacial score (nSPS) is 10.5. The van der Waals surface area contributed by atoms with Crippen LogP contribution in [0.25, 0.3) is 21.5 Å². The lowest BCUT2D eigenvalue weighted by Crippen LogP contribution is -2.23. The maximum Gasteiger partial charge on any atom is 0.215 e. The van der Waals surface area contributed by atoms with Crippen LogP contribution in [0.15, 0.2) is 109 Å². The zero-order valence-corrected chi connectivity index (χ0v) is 19.3. The van der Waals surface area contributed by atoms with Crippen LogP contribution >= 0.6 is 0 Å². The molecule has 0 fully saturated rings. The van der Waals surface area contributed by atoms with Crippen molar-refractivity contribution in [3.63, 3.8) is 0 Å². The van der Waals surface area contributed by atoms with E-state index in [0.29, 0.717) is 11.1 Å². The average Bonchev–Trinajstić information content (AvgIpc) is 2.91. The Morgan fingerprint density at radius 1 is 0.543 bits per heavy atom. The van der Waals surface area contributed by atoms with Gasteiger partial charge in [-0.1, -0.05) is 96.6 Å². The van der Waals surface area contributed by atoms with Gasteiger partial charge in [0.2, 0.25) is 5.60 Å². The van der Waals surface area contributed by atoms with Gasteiger partial charge in [0.1, 0.15) is 0 Å². The van der Waals surface area contributed by atoms with Crippen LogP contribution in [-0.2, 0) is 5.60 Å². The molecule has 0 atom stereocenters. The molecule has 0 saturated heterocycles. The number of rotatable bonds is 1. The standard InChI is InChI=1S/C34H22O/c1-2-9-30-12-7-8-15-33(30)34(35,22-20-26-16-18-28-10-3-5-13-31(28)24-26)23-21-27-17-19-29-11-4-6-14-32(29)25-27/h3-8,10-19,24-25,35H,1H3. The van der Waals surface area contributed by atoms with Crippen LogP contribution in [0.4, 0.5) is 0 Å². The van der Waals surface area contributed by atoms with Crippen molar-refractivity contribution in [2.24, 2.45) is 0 Å². The molecule has 0 aliphatic rings. The number of aliphatic hydroxyl groups is 1. The molecule has 0 radical (unpaired) electrons. The van der Waals surface area contributed by atoms with E-state index in [1.165, 1.54) is 0 Å². The lowest BCUT2D eigenvalue weighted by Gasteiger charge is -2.18. The van der Waals surface area contributed by atoms with Gasteiger partial charge in [-0.05, 0) is 70.6 Å². The quantitative estimate of drug-likeness (QED) is 0.286. The second-order valence-electron chi connectivity index (χ2n) is 8.25. The van der Waals surface area contributed by atoms with Crippen LogP contribution in [0.1, 0.15) is 29.2 Å². The van der Waals surface area contributed by atoms with Crippen LogP contribution < -0.4 is 0 Å². The molecule has 0 aromatic heterocycles. The highest BCUT2D eigenvalue weighted by Gasteiger charge is 2.27. The highest BCUT2D eigenvalue weighted by Crippen LogP contribution is 2.25. The van der Waals surface area contributed by atoms with Crippen LogP contribution in [0.3, 0.4) is 0 Å². The number of hydrogen-bond donors (Lipinski definition) is 1. The summed E-state index contributed by atoms with van der Waals surface area (Å²) in [6.07, 6.45) is 0. The van der Waals surface area contributed by atoms with E-state index in [4.69, 9.17) is 0 Å². The summed E-state index contributed by atoms with van der Waals surface area (Å²) in [5.74, 6) is 18.5. The Balaban J connectivity index is 1.63. The Bertz CT molecular complexity index is 1640. The van der Waals surface area contributed by atoms with E-state index in [0.717, 1.165) is 32.7 Å². The van der Waals surface area contributed by atoms with Gasteiger partial charge in [0.05, 0.1) is 0 Å². The Morgan fingerprint density at radius 2 is 1.03 bits per heavy atom. The molecule has 1 heteroatoms. The van der Waals surface area contributed by atoms with Gasteiger partial charge in [0.15, 0.2) is 0 Å². The second-order valence-corrected chi connectivity index (χ2v) is 8.25. The minimum absolute atomic E-state index is 0.580. The third-order valence-corrected chi connectivity index (χ3v) is 5.85. The lowest BCUT2D eigenvalue weighted by atomic mass is 9.90. The first kappa shape index (κ1) is 22.1. The van der Waals surface area contributed by atoms with Gasteiger partial charge in [-0.2, -0.15) is 0 Å². The number of fused-ring (bicyclic) bond motifs is 2. The molecule has 0 heterocycles. The lowest BCUT2D eigenvalue weighted by molar-refractivity contribution is 0.164. The first-order valence-electron chi connectivity index (χ1n) is 11.4. The van der Waals surface area contributed by atoms with Crippen LogP contribution in [-0.4, -0.2) is 5.11 Å². The number of hydrogen-bond acceptors (Lipinski definition) is 1. The van der Waals surface area contributed by atoms with Gasteiger partial charge < -0.3 is 5.11 Å². The molecule has 0 spiro atoms. The van der Waals surface area contributed by atoms with E-state index < -0.39 is 5.60 Å². The van der Waals surface area contributed by atoms with Crippen molar-refractivity contribution in [1.29, 1.82) is 0 Å². The van der Waals surface area contributed by atoms with Crippen LogP contribution in [0, 0.1) is 35.5 Å². The van der Waals surface area contributed by atoms with Crippen molar-refractivity contribution in [3.05, 3.63) is 131 Å². The molecule has 0 aliphatic heterocycles. The van der Waals surface area contributed by atoms with Crippen molar-refractivity contribution in [1.82, 2.24) is 0 Å². The van der Waals surface area contributed by atoms with Gasteiger partial charge >= 0.3 is 0 Å². The SMILES string of the molecule is CC#Cc1ccccc1C(O)(C#Cc1ccc2ccccc2c1)C#Cc1ccc2ccccc2c1. The Kier molecular flexibility index (Phi) is 6.07. The molecule has 0 bridgehead atoms. The molecule has 0 amide bonds. The topological polar surface area (TPSA) is 20.2 Å². The van der Waals surface area contributed by atoms with E-state index in [2.05, 4.69) is 59.8 Å². The molecule has 1 nitrogen and oxygen atoms in total. The summed E-state index contributed by atoms with van der Waals surface area (Å²) in [4.78, 5) is 0. The summed E-state index contributed by atoms with van der Waals surface area (Å²) in [5, 5.41) is 16.3. The molecule has 164 valence electrons. The largest absolute Gasteiger partial charge is 0.363 e. The molecule has 5 rings (SSSR count). The Morgan fingerprint density at radius 3 is 1.57 bits per heavy atom. The third kappa shape index (κ3) is 4.81. The van der Waals surface area contributed by atoms with Crippen molar-refractivity contribution in [2.45, 2.75) is 12.5 Å². The van der Waals surface area contributed by atoms with Gasteiger partial charge in [-0.15, -0.1) is 5.92 Å². The first-order valence-corrected chi connectivity index (χ1v) is 11.4. The maximum absolute atomic E-state index is 11.8. The van der Waals surface area contributed by atoms with Gasteiger partial charge in [0, 0.05) is 22.3 Å². The summed E-state index contributed by atoms with van der Waals surface area (Å²) in [7, 11) is 0. The first-order chi connectivity index (χ1) is 17.1. The summed E-state index contributed by atoms with van der Waals surface area (Å²) in [5.41, 5.74) is 1.22. The van der Waals surface area contributed by atoms with E-state index in [9.17, 15) is 5.11 Å². The fourth-order valence-electron chi connectivity index (χ4n) is 4.07. The third-order valence-electron chi connectivity index (χ3n) is 5.85. The maximum atomic E-state index is 11.8. The van der Waals surface area contributed by atoms with E-state index in [1.807, 2.05) is 84.9 Å². The smallest absolute Gasteiger partial charge is 0.215 e. The molecular formula is C34H22O. The highest BCUT2D eigenvalue weighted by atomic mass is 16.3. The zero-order valence-electron chi connectivity index (χ0n) is 19.3. The summed E-state index contributed by atoms with van der Waals surface area (Å²) in [6.45, 7) is 1.78. The molecule has 35 heavy (non-hydrogen) atoms. The molecule has 5 aromatic rings. The summed E-state index contributed by atoms with van der Waals surface area (Å²) >= 11 is 0. The van der Waals surface area contributed by atoms with Crippen molar-refractivity contribution in [2.75, 3.05) is 0 Å². The number of benzene rings is 5. The predicted octanol–water partition coefficient (Wildman–Crippen LogP) is 6.66. The van der Waals surface area contributed by atoms with Crippen molar-refractivity contribution < 1.29 is 5.11 Å². The van der Waals surface area contributed by atoms with Gasteiger partial charge in [-0.25, -0.2) is 0 Å². The van der Waals surface area contributed by atoms with E-state index >= 15 is 0 Å². The summed E-state index contributed by atoms with van der Waals surface area (Å²) in [6, 6.07) is 35.8. The fourth-order valence-corrected chi connectivity index (χ4v) is 4.07. The molecule has 0 saturated carbocycles. The van der Waals surface area contributed by atoms with Crippen LogP contribution in [0.2, 0.25) is 0 Å². The fraction of sp³-hybridized carbons (Fsp3) is 0.0588. The monoisotopic (exact) mass is 446 g/mol. The van der Waals surface area contributed by atoms with Crippen molar-refractivity contribution in [3.8, 4) is 35.5 Å². The Labute approximate surface area is 206 Å². The molecular weight excluding hydrogens is 424 g/mol. The molecule has 0 aliphatic carbocycles. The second kappa shape index (κ2) is 9.63. The van der Waals surface area contributed by atoms with Crippen LogP contribution in [0.5, 0.6) is 0 Å². The van der Waals surface area contributed by atoms with Gasteiger partial charge in [-0.3, -0.25) is 0 Å². The Hall–Kier alpha value is -4.74. The zero-order chi connectivity index (χ0) is 24.1. The molecule has 0 unspecified atom stereocenters. The predicted molar refractivity (Wildman–Crippen MR) is 145 cm³/mol. The highest BCUT2D eigenvalue weighted by molar-refractivity contribution is 5.84. The van der Waals surface area contributed by atoms with E-state index in [1.54, 1.807) is 6.92 Å². The van der Waals surface area contributed by atoms with Gasteiger partial charge in [0.25, 0.3) is 0 Å². The average molecular weight is 447 g/mol. The van der Waals surface area contributed by atoms with E-state index in [-0.39, 0.29) is 0 Å². The van der Waals surface area contributed by atoms with Crippen molar-refractivity contribution >= 4 is 21.5 Å². The molecule has 1 N–H and O–H groups in total.